The highest BCUT2D eigenvalue weighted by molar-refractivity contribution is 9.10. The van der Waals surface area contributed by atoms with E-state index in [0.29, 0.717) is 6.07 Å². The Morgan fingerprint density at radius 3 is 2.00 bits per heavy atom. The van der Waals surface area contributed by atoms with Crippen molar-refractivity contribution < 1.29 is 44.6 Å². The fraction of sp³-hybridized carbons (Fsp3) is 0.400. The second kappa shape index (κ2) is 5.85. The number of rotatable bonds is 4. The quantitative estimate of drug-likeness (QED) is 0.681. The zero-order chi connectivity index (χ0) is 16.5. The van der Waals surface area contributed by atoms with E-state index < -0.39 is 36.6 Å². The van der Waals surface area contributed by atoms with Gasteiger partial charge in [0.2, 0.25) is 0 Å². The van der Waals surface area contributed by atoms with Crippen LogP contribution in [-0.2, 0) is 0 Å². The van der Waals surface area contributed by atoms with Gasteiger partial charge in [0.25, 0.3) is 0 Å². The first-order valence-electron chi connectivity index (χ1n) is 4.94. The second-order valence-electron chi connectivity index (χ2n) is 3.63. The van der Waals surface area contributed by atoms with Crippen molar-refractivity contribution in [3.8, 4) is 11.5 Å². The maximum atomic E-state index is 12.6. The highest BCUT2D eigenvalue weighted by atomic mass is 79.9. The molecule has 0 unspecified atom stereocenters. The molecule has 0 amide bonds. The van der Waals surface area contributed by atoms with Crippen LogP contribution in [0.5, 0.6) is 11.5 Å². The van der Waals surface area contributed by atoms with E-state index in [0.717, 1.165) is 12.1 Å². The fourth-order valence-corrected chi connectivity index (χ4v) is 1.36. The Bertz CT molecular complexity index is 497. The number of halogens is 9. The third-order valence-corrected chi connectivity index (χ3v) is 2.62. The van der Waals surface area contributed by atoms with Crippen LogP contribution in [0.3, 0.4) is 0 Å². The van der Waals surface area contributed by atoms with E-state index in [1.54, 1.807) is 0 Å². The number of hydrogen-bond acceptors (Lipinski definition) is 2. The number of benzene rings is 1. The average Bonchev–Trinajstić information content (AvgIpc) is 2.27. The Morgan fingerprint density at radius 2 is 1.52 bits per heavy atom. The van der Waals surface area contributed by atoms with Crippen LogP contribution in [0.2, 0.25) is 0 Å². The van der Waals surface area contributed by atoms with Gasteiger partial charge >= 0.3 is 18.5 Å². The molecule has 120 valence electrons. The smallest absolute Gasteiger partial charge is 0.487 e. The summed E-state index contributed by atoms with van der Waals surface area (Å²) in [6, 6.07) is 2.38. The topological polar surface area (TPSA) is 18.5 Å². The van der Waals surface area contributed by atoms with Gasteiger partial charge in [-0.1, -0.05) is 0 Å². The van der Waals surface area contributed by atoms with E-state index >= 15 is 0 Å². The minimum Gasteiger partial charge on any atom is -0.487 e. The summed E-state index contributed by atoms with van der Waals surface area (Å²) in [7, 11) is 0. The van der Waals surface area contributed by atoms with Crippen LogP contribution in [0.4, 0.5) is 35.1 Å². The van der Waals surface area contributed by atoms with Crippen LogP contribution in [0.25, 0.3) is 0 Å². The van der Waals surface area contributed by atoms with Gasteiger partial charge in [-0.2, -0.15) is 22.0 Å². The van der Waals surface area contributed by atoms with Crippen LogP contribution in [0.1, 0.15) is 0 Å². The first kappa shape index (κ1) is 17.8. The summed E-state index contributed by atoms with van der Waals surface area (Å²) in [6.07, 6.45) is -10.9. The molecule has 0 bridgehead atoms. The first-order valence-corrected chi connectivity index (χ1v) is 5.74. The molecular weight excluding hydrogens is 384 g/mol. The molecule has 0 aliphatic rings. The fourth-order valence-electron chi connectivity index (χ4n) is 1.03. The summed E-state index contributed by atoms with van der Waals surface area (Å²) in [4.78, 5) is 0. The molecule has 0 spiro atoms. The standard InChI is InChI=1S/C10H5BrF8O2/c11-6-2-1-5(3-7(6)21-10(17,18)19)20-4-8(12,13)9(14,15)16/h1-3H,4H2. The van der Waals surface area contributed by atoms with Crippen LogP contribution >= 0.6 is 15.9 Å². The van der Waals surface area contributed by atoms with Crippen LogP contribution < -0.4 is 9.47 Å². The molecule has 0 atom stereocenters. The summed E-state index contributed by atoms with van der Waals surface area (Å²) in [6.45, 7) is -2.07. The minimum atomic E-state index is -5.83. The molecule has 11 heteroatoms. The van der Waals surface area contributed by atoms with Gasteiger partial charge < -0.3 is 9.47 Å². The third-order valence-electron chi connectivity index (χ3n) is 1.96. The first-order chi connectivity index (χ1) is 9.32. The van der Waals surface area contributed by atoms with Gasteiger partial charge in [0.05, 0.1) is 4.47 Å². The normalized spacial score (nSPS) is 13.2. The van der Waals surface area contributed by atoms with Crippen molar-refractivity contribution in [2.45, 2.75) is 18.5 Å². The molecule has 0 aliphatic heterocycles. The highest BCUT2D eigenvalue weighted by Crippen LogP contribution is 2.37. The molecule has 2 nitrogen and oxygen atoms in total. The Kier molecular flexibility index (Phi) is 4.96. The summed E-state index contributed by atoms with van der Waals surface area (Å²) in [5.41, 5.74) is 0. The lowest BCUT2D eigenvalue weighted by atomic mass is 10.3. The monoisotopic (exact) mass is 388 g/mol. The largest absolute Gasteiger partial charge is 0.573 e. The van der Waals surface area contributed by atoms with E-state index in [4.69, 9.17) is 0 Å². The molecule has 0 saturated heterocycles. The van der Waals surface area contributed by atoms with Gasteiger partial charge in [0.15, 0.2) is 6.61 Å². The lowest BCUT2D eigenvalue weighted by molar-refractivity contribution is -0.290. The van der Waals surface area contributed by atoms with Crippen molar-refractivity contribution >= 4 is 15.9 Å². The SMILES string of the molecule is FC(F)(F)Oc1cc(OCC(F)(F)C(F)(F)F)ccc1Br. The van der Waals surface area contributed by atoms with Gasteiger partial charge in [-0.25, -0.2) is 0 Å². The molecule has 0 N–H and O–H groups in total. The molecule has 0 saturated carbocycles. The van der Waals surface area contributed by atoms with Crippen molar-refractivity contribution in [1.82, 2.24) is 0 Å². The van der Waals surface area contributed by atoms with Crippen LogP contribution in [0, 0.1) is 0 Å². The molecule has 1 aromatic rings. The van der Waals surface area contributed by atoms with E-state index in [1.165, 1.54) is 0 Å². The van der Waals surface area contributed by atoms with Crippen molar-refractivity contribution in [3.63, 3.8) is 0 Å². The second-order valence-corrected chi connectivity index (χ2v) is 4.49. The van der Waals surface area contributed by atoms with Crippen molar-refractivity contribution in [3.05, 3.63) is 22.7 Å². The zero-order valence-electron chi connectivity index (χ0n) is 9.66. The summed E-state index contributed by atoms with van der Waals surface area (Å²) < 4.78 is 104. The highest BCUT2D eigenvalue weighted by Gasteiger charge is 2.58. The predicted octanol–water partition coefficient (Wildman–Crippen LogP) is 4.92. The van der Waals surface area contributed by atoms with Crippen molar-refractivity contribution in [2.24, 2.45) is 0 Å². The lowest BCUT2D eigenvalue weighted by Gasteiger charge is -2.20. The van der Waals surface area contributed by atoms with E-state index in [1.807, 2.05) is 0 Å². The van der Waals surface area contributed by atoms with Gasteiger partial charge in [-0.15, -0.1) is 13.2 Å². The summed E-state index contributed by atoms with van der Waals surface area (Å²) in [5, 5.41) is 0. The molecule has 0 fully saturated rings. The Morgan fingerprint density at radius 1 is 0.952 bits per heavy atom. The van der Waals surface area contributed by atoms with Gasteiger partial charge in [-0.3, -0.25) is 0 Å². The number of alkyl halides is 8. The molecule has 0 radical (unpaired) electrons. The van der Waals surface area contributed by atoms with Gasteiger partial charge in [0, 0.05) is 6.07 Å². The van der Waals surface area contributed by atoms with Gasteiger partial charge in [-0.05, 0) is 28.1 Å². The predicted molar refractivity (Wildman–Crippen MR) is 57.3 cm³/mol. The number of ether oxygens (including phenoxy) is 2. The van der Waals surface area contributed by atoms with E-state index in [2.05, 4.69) is 25.4 Å². The Balaban J connectivity index is 2.84. The summed E-state index contributed by atoms with van der Waals surface area (Å²) in [5.74, 6) is -6.61. The minimum absolute atomic E-state index is 0.185. The third kappa shape index (κ3) is 5.21. The molecule has 0 aliphatic carbocycles. The Labute approximate surface area is 120 Å². The van der Waals surface area contributed by atoms with E-state index in [-0.39, 0.29) is 4.47 Å². The van der Waals surface area contributed by atoms with Crippen molar-refractivity contribution in [2.75, 3.05) is 6.61 Å². The lowest BCUT2D eigenvalue weighted by Crippen LogP contribution is -2.41. The molecule has 0 aromatic heterocycles. The van der Waals surface area contributed by atoms with Crippen LogP contribution in [-0.4, -0.2) is 25.1 Å². The molecule has 0 heterocycles. The number of hydrogen-bond donors (Lipinski definition) is 0. The molecular formula is C10H5BrF8O2. The van der Waals surface area contributed by atoms with Crippen LogP contribution in [0.15, 0.2) is 22.7 Å². The summed E-state index contributed by atoms with van der Waals surface area (Å²) >= 11 is 2.70. The Hall–Kier alpha value is -1.26. The molecule has 21 heavy (non-hydrogen) atoms. The molecule has 1 aromatic carbocycles. The van der Waals surface area contributed by atoms with E-state index in [9.17, 15) is 35.1 Å². The maximum absolute atomic E-state index is 12.6. The van der Waals surface area contributed by atoms with Gasteiger partial charge in [0.1, 0.15) is 11.5 Å². The maximum Gasteiger partial charge on any atom is 0.573 e. The zero-order valence-corrected chi connectivity index (χ0v) is 11.2. The molecule has 1 rings (SSSR count). The van der Waals surface area contributed by atoms with Crippen molar-refractivity contribution in [1.29, 1.82) is 0 Å². The average molecular weight is 389 g/mol.